The number of hydrogen-bond donors (Lipinski definition) is 1. The molecule has 0 unspecified atom stereocenters. The molecule has 2 nitrogen and oxygen atoms in total. The normalized spacial score (nSPS) is 9.78. The van der Waals surface area contributed by atoms with Crippen molar-refractivity contribution in [2.75, 3.05) is 18.5 Å². The zero-order valence-corrected chi connectivity index (χ0v) is 15.1. The molecule has 1 aromatic heterocycles. The Balaban J connectivity index is 0.000000326. The zero-order chi connectivity index (χ0) is 12.7. The van der Waals surface area contributed by atoms with E-state index in [-0.39, 0.29) is 30.3 Å². The van der Waals surface area contributed by atoms with Gasteiger partial charge in [0.1, 0.15) is 0 Å². The van der Waals surface area contributed by atoms with E-state index in [1.165, 1.54) is 18.5 Å². The second-order valence-corrected chi connectivity index (χ2v) is 7.88. The van der Waals surface area contributed by atoms with Crippen LogP contribution in [-0.2, 0) is 35.0 Å². The average Bonchev–Trinajstić information content (AvgIpc) is 2.72. The van der Waals surface area contributed by atoms with Gasteiger partial charge in [0.15, 0.2) is 0 Å². The first kappa shape index (κ1) is 18.1. The number of rotatable bonds is 3. The van der Waals surface area contributed by atoms with Gasteiger partial charge in [-0.1, -0.05) is 12.1 Å². The summed E-state index contributed by atoms with van der Waals surface area (Å²) in [5, 5.41) is 0.557. The van der Waals surface area contributed by atoms with E-state index in [1.54, 1.807) is 0 Å². The molecule has 0 amide bonds. The summed E-state index contributed by atoms with van der Waals surface area (Å²) in [7, 11) is 0.137. The number of hydrogen-bond acceptors (Lipinski definition) is 2. The summed E-state index contributed by atoms with van der Waals surface area (Å²) in [6.07, 6.45) is 4.37. The van der Waals surface area contributed by atoms with Crippen molar-refractivity contribution in [1.82, 2.24) is 9.97 Å². The fraction of sp³-hybridized carbons (Fsp3) is 0.462. The molecule has 1 aromatic carbocycles. The van der Waals surface area contributed by atoms with Gasteiger partial charge in [-0.3, -0.25) is 4.98 Å². The molecule has 2 aromatic rings. The number of nitrogens with zero attached hydrogens (tertiary/aromatic N) is 1. The van der Waals surface area contributed by atoms with Crippen LogP contribution in [0, 0.1) is 0 Å². The summed E-state index contributed by atoms with van der Waals surface area (Å²) < 4.78 is 0. The van der Waals surface area contributed by atoms with Gasteiger partial charge in [0.05, 0.1) is 29.5 Å². The zero-order valence-electron chi connectivity index (χ0n) is 11.1. The maximum atomic E-state index is 4.85. The van der Waals surface area contributed by atoms with Crippen LogP contribution in [0.1, 0.15) is 20.8 Å². The predicted molar refractivity (Wildman–Crippen MR) is 81.7 cm³/mol. The Kier molecular flexibility index (Phi) is 9.98. The van der Waals surface area contributed by atoms with E-state index in [2.05, 4.69) is 30.7 Å². The summed E-state index contributed by atoms with van der Waals surface area (Å²) in [5.74, 6) is 0. The number of aromatic nitrogens is 2. The largest absolute Gasteiger partial charge is 1.00 e. The number of nitrogens with one attached hydrogen (secondary N) is 1. The summed E-state index contributed by atoms with van der Waals surface area (Å²) in [6, 6.07) is 7.78. The van der Waals surface area contributed by atoms with Crippen molar-refractivity contribution in [2.24, 2.45) is 0 Å². The maximum Gasteiger partial charge on any atom is 1.00 e. The molecule has 5 heteroatoms. The van der Waals surface area contributed by atoms with Crippen LogP contribution < -0.4 is 0 Å². The Morgan fingerprint density at radius 1 is 1.11 bits per heavy atom. The van der Waals surface area contributed by atoms with E-state index in [9.17, 15) is 0 Å². The van der Waals surface area contributed by atoms with Crippen LogP contribution in [-0.4, -0.2) is 28.5 Å². The number of benzene rings is 1. The number of aromatic amines is 1. The molecule has 0 fully saturated rings. The van der Waals surface area contributed by atoms with E-state index in [1.807, 2.05) is 24.3 Å². The van der Waals surface area contributed by atoms with Crippen LogP contribution in [0.4, 0.5) is 0 Å². The molecule has 0 bridgehead atoms. The molecular formula is C13H21AuN2PS+. The molecule has 0 saturated carbocycles. The van der Waals surface area contributed by atoms with Gasteiger partial charge in [-0.15, -0.1) is 0 Å². The van der Waals surface area contributed by atoms with Crippen molar-refractivity contribution in [3.8, 4) is 0 Å². The van der Waals surface area contributed by atoms with Crippen LogP contribution in [0.2, 0.25) is 0 Å². The van der Waals surface area contributed by atoms with Gasteiger partial charge in [-0.25, -0.2) is 0 Å². The van der Waals surface area contributed by atoms with Crippen molar-refractivity contribution in [3.05, 3.63) is 24.3 Å². The van der Waals surface area contributed by atoms with Gasteiger partial charge in [0.2, 0.25) is 0 Å². The Hall–Kier alpha value is 0.0803. The average molecular weight is 465 g/mol. The van der Waals surface area contributed by atoms with Crippen molar-refractivity contribution in [2.45, 2.75) is 25.9 Å². The molecule has 18 heavy (non-hydrogen) atoms. The number of para-hydroxylation sites is 2. The van der Waals surface area contributed by atoms with Crippen molar-refractivity contribution < 1.29 is 22.4 Å². The third-order valence-electron chi connectivity index (χ3n) is 2.87. The Labute approximate surface area is 132 Å². The molecule has 0 saturated heterocycles. The molecule has 0 aliphatic heterocycles. The van der Waals surface area contributed by atoms with Crippen molar-refractivity contribution in [3.63, 3.8) is 0 Å². The van der Waals surface area contributed by atoms with Crippen LogP contribution in [0.3, 0.4) is 0 Å². The van der Waals surface area contributed by atoms with Gasteiger partial charge in [-0.05, 0) is 46.0 Å². The van der Waals surface area contributed by atoms with Gasteiger partial charge in [0.25, 0.3) is 0 Å². The number of fused-ring (bicyclic) bond motifs is 1. The third-order valence-corrected chi connectivity index (χ3v) is 6.06. The molecule has 1 N–H and O–H groups in total. The molecule has 0 aliphatic rings. The smallest absolute Gasteiger partial charge is 0.742 e. The quantitative estimate of drug-likeness (QED) is 0.426. The van der Waals surface area contributed by atoms with Gasteiger partial charge < -0.3 is 17.6 Å². The SMILES string of the molecule is CC[PH+](CC)CC.[Au+].[S-]c1nc2ccccc2[nH]1. The summed E-state index contributed by atoms with van der Waals surface area (Å²) in [4.78, 5) is 7.03. The topological polar surface area (TPSA) is 28.7 Å². The van der Waals surface area contributed by atoms with Gasteiger partial charge in [-0.2, -0.15) is 0 Å². The standard InChI is InChI=1S/C7H6N2S.C6H15P.Au/c10-7-8-5-3-1-2-4-6(5)9-7;1-4-7(5-2)6-3;/h1-4H,(H2,8,9,10);4-6H2,1-3H3;/q;;+1. The Bertz CT molecular complexity index is 405. The molecular weight excluding hydrogens is 444 g/mol. The van der Waals surface area contributed by atoms with Crippen molar-refractivity contribution >= 4 is 31.6 Å². The fourth-order valence-electron chi connectivity index (χ4n) is 1.68. The monoisotopic (exact) mass is 465 g/mol. The van der Waals surface area contributed by atoms with Crippen LogP contribution >= 0.6 is 7.92 Å². The minimum Gasteiger partial charge on any atom is -0.742 e. The minimum atomic E-state index is 0. The molecule has 0 radical (unpaired) electrons. The number of imidazole rings is 1. The second kappa shape index (κ2) is 9.94. The van der Waals surface area contributed by atoms with Gasteiger partial charge in [0, 0.05) is 0 Å². The fourth-order valence-corrected chi connectivity index (χ4v) is 3.39. The van der Waals surface area contributed by atoms with Gasteiger partial charge >= 0.3 is 22.4 Å². The van der Waals surface area contributed by atoms with E-state index in [4.69, 9.17) is 12.6 Å². The van der Waals surface area contributed by atoms with E-state index < -0.39 is 0 Å². The van der Waals surface area contributed by atoms with E-state index in [0.717, 1.165) is 11.0 Å². The first-order valence-corrected chi connectivity index (χ1v) is 8.69. The Morgan fingerprint density at radius 3 is 2.11 bits per heavy atom. The minimum absolute atomic E-state index is 0. The maximum absolute atomic E-state index is 4.85. The molecule has 0 spiro atoms. The first-order valence-electron chi connectivity index (χ1n) is 6.16. The second-order valence-electron chi connectivity index (χ2n) is 3.87. The van der Waals surface area contributed by atoms with Crippen molar-refractivity contribution in [1.29, 1.82) is 0 Å². The Morgan fingerprint density at radius 2 is 1.67 bits per heavy atom. The van der Waals surface area contributed by atoms with E-state index >= 15 is 0 Å². The first-order chi connectivity index (χ1) is 8.21. The molecule has 104 valence electrons. The van der Waals surface area contributed by atoms with Crippen LogP contribution in [0.5, 0.6) is 0 Å². The predicted octanol–water partition coefficient (Wildman–Crippen LogP) is 3.73. The molecule has 2 rings (SSSR count). The number of H-pyrrole nitrogens is 1. The van der Waals surface area contributed by atoms with Crippen LogP contribution in [0.15, 0.2) is 29.4 Å². The van der Waals surface area contributed by atoms with E-state index in [0.29, 0.717) is 5.16 Å². The summed E-state index contributed by atoms with van der Waals surface area (Å²) in [5.41, 5.74) is 1.94. The molecule has 1 heterocycles. The summed E-state index contributed by atoms with van der Waals surface area (Å²) >= 11 is 4.85. The molecule has 0 atom stereocenters. The summed E-state index contributed by atoms with van der Waals surface area (Å²) in [6.45, 7) is 6.92. The molecule has 0 aliphatic carbocycles. The third kappa shape index (κ3) is 5.81. The van der Waals surface area contributed by atoms with Crippen LogP contribution in [0.25, 0.3) is 11.0 Å².